The zero-order valence-electron chi connectivity index (χ0n) is 20.4. The summed E-state index contributed by atoms with van der Waals surface area (Å²) in [6, 6.07) is 11.2. The first-order chi connectivity index (χ1) is 18.0. The first-order valence-corrected chi connectivity index (χ1v) is 12.6. The van der Waals surface area contributed by atoms with Crippen LogP contribution >= 0.6 is 11.6 Å². The number of nitrogens with one attached hydrogen (secondary N) is 2. The molecule has 1 aromatic heterocycles. The van der Waals surface area contributed by atoms with Crippen LogP contribution in [-0.4, -0.2) is 34.3 Å². The van der Waals surface area contributed by atoms with Gasteiger partial charge in [-0.1, -0.05) is 28.9 Å². The molecule has 200 valence electrons. The summed E-state index contributed by atoms with van der Waals surface area (Å²) in [6.45, 7) is 1.66. The predicted octanol–water partition coefficient (Wildman–Crippen LogP) is 6.47. The summed E-state index contributed by atoms with van der Waals surface area (Å²) in [4.78, 5) is 22.3. The average molecular weight is 549 g/mol. The molecule has 1 aliphatic heterocycles. The summed E-state index contributed by atoms with van der Waals surface area (Å²) in [6.07, 6.45) is -1.76. The Morgan fingerprint density at radius 1 is 1.05 bits per heavy atom. The molecule has 6 nitrogen and oxygen atoms in total. The Hall–Kier alpha value is -3.40. The smallest absolute Gasteiger partial charge is 0.382 e. The van der Waals surface area contributed by atoms with Crippen LogP contribution in [0.15, 0.2) is 53.7 Å². The highest BCUT2D eigenvalue weighted by Gasteiger charge is 2.43. The van der Waals surface area contributed by atoms with Crippen molar-refractivity contribution in [3.05, 3.63) is 70.6 Å². The topological polar surface area (TPSA) is 75.6 Å². The third-order valence-electron chi connectivity index (χ3n) is 7.00. The lowest BCUT2D eigenvalue weighted by Gasteiger charge is -2.32. The number of anilines is 1. The summed E-state index contributed by atoms with van der Waals surface area (Å²) in [5.74, 6) is -0.653. The fourth-order valence-corrected chi connectivity index (χ4v) is 5.03. The first kappa shape index (κ1) is 26.2. The second-order valence-corrected chi connectivity index (χ2v) is 10.4. The molecule has 38 heavy (non-hydrogen) atoms. The van der Waals surface area contributed by atoms with Gasteiger partial charge in [-0.15, -0.1) is 0 Å². The molecule has 1 atom stereocenters. The normalized spacial score (nSPS) is 23.6. The Kier molecular flexibility index (Phi) is 6.94. The number of pyridine rings is 1. The second kappa shape index (κ2) is 10.1. The molecule has 2 N–H and O–H groups in total. The van der Waals surface area contributed by atoms with Crippen molar-refractivity contribution in [2.75, 3.05) is 5.32 Å². The molecule has 1 fully saturated rings. The number of fused-ring (bicyclic) bond motifs is 1. The lowest BCUT2D eigenvalue weighted by atomic mass is 9.89. The average Bonchev–Trinajstić information content (AvgIpc) is 3.28. The highest BCUT2D eigenvalue weighted by molar-refractivity contribution is 6.31. The molecular formula is C27H25ClF4N4O2. The number of amides is 1. The van der Waals surface area contributed by atoms with Crippen molar-refractivity contribution in [3.8, 4) is 0 Å². The monoisotopic (exact) mass is 548 g/mol. The Bertz CT molecular complexity index is 1390. The van der Waals surface area contributed by atoms with E-state index in [1.54, 1.807) is 25.1 Å². The fraction of sp³-hybridized carbons (Fsp3) is 0.370. The van der Waals surface area contributed by atoms with Crippen molar-refractivity contribution in [2.24, 2.45) is 5.16 Å². The van der Waals surface area contributed by atoms with Crippen LogP contribution in [0.3, 0.4) is 0 Å². The van der Waals surface area contributed by atoms with Crippen molar-refractivity contribution >= 4 is 39.8 Å². The van der Waals surface area contributed by atoms with Gasteiger partial charge in [-0.2, -0.15) is 13.2 Å². The number of alkyl halides is 3. The Labute approximate surface area is 221 Å². The standard InChI is InChI=1S/C27H25ClF4N4O2/c1-26(14-23(36-38-26)15-2-5-17(29)6-3-15)25(37)34-19-9-7-18(8-10-19)33-22-13-24(27(30,31)32)35-21-11-4-16(28)12-20(21)22/h2-6,11-13,18-19H,7-10,14H2,1H3,(H,33,35)(H,34,37). The molecule has 0 saturated heterocycles. The van der Waals surface area contributed by atoms with Crippen molar-refractivity contribution < 1.29 is 27.2 Å². The van der Waals surface area contributed by atoms with Gasteiger partial charge in [0.05, 0.1) is 11.2 Å². The van der Waals surface area contributed by atoms with Gasteiger partial charge in [0, 0.05) is 34.6 Å². The maximum absolute atomic E-state index is 13.4. The molecule has 1 unspecified atom stereocenters. The number of carbonyl (C=O) groups is 1. The number of hydrogen-bond acceptors (Lipinski definition) is 5. The van der Waals surface area contributed by atoms with Gasteiger partial charge >= 0.3 is 6.18 Å². The summed E-state index contributed by atoms with van der Waals surface area (Å²) < 4.78 is 53.5. The van der Waals surface area contributed by atoms with E-state index in [0.29, 0.717) is 53.1 Å². The largest absolute Gasteiger partial charge is 0.433 e. The zero-order valence-corrected chi connectivity index (χ0v) is 21.2. The van der Waals surface area contributed by atoms with Crippen molar-refractivity contribution in [3.63, 3.8) is 0 Å². The van der Waals surface area contributed by atoms with Gasteiger partial charge in [0.2, 0.25) is 5.60 Å². The number of benzene rings is 2. The van der Waals surface area contributed by atoms with E-state index in [1.807, 2.05) is 0 Å². The number of halogens is 5. The summed E-state index contributed by atoms with van der Waals surface area (Å²) in [7, 11) is 0. The van der Waals surface area contributed by atoms with Crippen LogP contribution in [0.1, 0.15) is 50.3 Å². The number of nitrogens with zero attached hydrogens (tertiary/aromatic N) is 2. The summed E-state index contributed by atoms with van der Waals surface area (Å²) in [5.41, 5.74) is -0.356. The highest BCUT2D eigenvalue weighted by Crippen LogP contribution is 2.35. The van der Waals surface area contributed by atoms with Gasteiger partial charge in [-0.3, -0.25) is 4.79 Å². The van der Waals surface area contributed by atoms with Crippen molar-refractivity contribution in [1.82, 2.24) is 10.3 Å². The van der Waals surface area contributed by atoms with E-state index >= 15 is 0 Å². The minimum absolute atomic E-state index is 0.0828. The van der Waals surface area contributed by atoms with Crippen LogP contribution in [0.2, 0.25) is 5.02 Å². The van der Waals surface area contributed by atoms with Crippen LogP contribution in [0.4, 0.5) is 23.2 Å². The van der Waals surface area contributed by atoms with E-state index < -0.39 is 17.5 Å². The lowest BCUT2D eigenvalue weighted by molar-refractivity contribution is -0.142. The van der Waals surface area contributed by atoms with Crippen LogP contribution < -0.4 is 10.6 Å². The minimum atomic E-state index is -4.58. The third kappa shape index (κ3) is 5.55. The number of oxime groups is 1. The molecule has 3 aromatic rings. The lowest BCUT2D eigenvalue weighted by Crippen LogP contribution is -2.50. The highest BCUT2D eigenvalue weighted by atomic mass is 35.5. The minimum Gasteiger partial charge on any atom is -0.382 e. The molecule has 11 heteroatoms. The SMILES string of the molecule is CC1(C(=O)NC2CCC(Nc3cc(C(F)(F)F)nc4ccc(Cl)cc34)CC2)CC(c2ccc(F)cc2)=NO1. The van der Waals surface area contributed by atoms with Crippen LogP contribution in [0.25, 0.3) is 10.9 Å². The number of aromatic nitrogens is 1. The van der Waals surface area contributed by atoms with E-state index in [-0.39, 0.29) is 35.7 Å². The van der Waals surface area contributed by atoms with Crippen molar-refractivity contribution in [1.29, 1.82) is 0 Å². The number of carbonyl (C=O) groups excluding carboxylic acids is 1. The molecule has 2 aliphatic rings. The van der Waals surface area contributed by atoms with Gasteiger partial charge in [0.15, 0.2) is 0 Å². The Balaban J connectivity index is 1.20. The molecule has 0 radical (unpaired) electrons. The molecule has 1 amide bonds. The zero-order chi connectivity index (χ0) is 27.1. The predicted molar refractivity (Wildman–Crippen MR) is 137 cm³/mol. The maximum Gasteiger partial charge on any atom is 0.433 e. The van der Waals surface area contributed by atoms with Gasteiger partial charge in [-0.25, -0.2) is 9.37 Å². The molecule has 2 heterocycles. The molecular weight excluding hydrogens is 524 g/mol. The fourth-order valence-electron chi connectivity index (χ4n) is 4.86. The Morgan fingerprint density at radius 3 is 2.42 bits per heavy atom. The van der Waals surface area contributed by atoms with E-state index in [1.165, 1.54) is 24.3 Å². The molecule has 1 aliphatic carbocycles. The molecule has 5 rings (SSSR count). The first-order valence-electron chi connectivity index (χ1n) is 12.3. The van der Waals surface area contributed by atoms with Gasteiger partial charge in [-0.05, 0) is 74.6 Å². The third-order valence-corrected chi connectivity index (χ3v) is 7.24. The maximum atomic E-state index is 13.4. The number of hydrogen-bond donors (Lipinski definition) is 2. The van der Waals surface area contributed by atoms with Gasteiger partial charge in [0.1, 0.15) is 11.5 Å². The van der Waals surface area contributed by atoms with Crippen LogP contribution in [0, 0.1) is 5.82 Å². The second-order valence-electron chi connectivity index (χ2n) is 9.92. The molecule has 0 bridgehead atoms. The quantitative estimate of drug-likeness (QED) is 0.358. The molecule has 0 spiro atoms. The van der Waals surface area contributed by atoms with Crippen LogP contribution in [0.5, 0.6) is 0 Å². The van der Waals surface area contributed by atoms with Gasteiger partial charge < -0.3 is 15.5 Å². The summed E-state index contributed by atoms with van der Waals surface area (Å²) >= 11 is 6.09. The van der Waals surface area contributed by atoms with Crippen molar-refractivity contribution in [2.45, 2.75) is 62.9 Å². The molecule has 1 saturated carbocycles. The number of rotatable bonds is 5. The van der Waals surface area contributed by atoms with E-state index in [9.17, 15) is 22.4 Å². The summed E-state index contributed by atoms with van der Waals surface area (Å²) in [5, 5.41) is 11.2. The van der Waals surface area contributed by atoms with E-state index in [0.717, 1.165) is 6.07 Å². The van der Waals surface area contributed by atoms with Crippen LogP contribution in [-0.2, 0) is 15.8 Å². The Morgan fingerprint density at radius 2 is 1.74 bits per heavy atom. The van der Waals surface area contributed by atoms with E-state index in [4.69, 9.17) is 16.4 Å². The van der Waals surface area contributed by atoms with Gasteiger partial charge in [0.25, 0.3) is 5.91 Å². The van der Waals surface area contributed by atoms with E-state index in [2.05, 4.69) is 20.8 Å². The molecule has 2 aromatic carbocycles.